The lowest BCUT2D eigenvalue weighted by Gasteiger charge is -2.37. The van der Waals surface area contributed by atoms with Crippen molar-refractivity contribution in [3.63, 3.8) is 0 Å². The van der Waals surface area contributed by atoms with Gasteiger partial charge in [-0.25, -0.2) is 4.98 Å². The van der Waals surface area contributed by atoms with Crippen molar-refractivity contribution < 1.29 is 19.1 Å². The summed E-state index contributed by atoms with van der Waals surface area (Å²) < 4.78 is 13.2. The molecule has 2 aliphatic heterocycles. The normalized spacial score (nSPS) is 21.9. The smallest absolute Gasteiger partial charge is 0.287 e. The number of nitrogens with one attached hydrogen (secondary N) is 1. The van der Waals surface area contributed by atoms with Gasteiger partial charge in [0.05, 0.1) is 18.7 Å². The molecule has 0 bridgehead atoms. The fourth-order valence-electron chi connectivity index (χ4n) is 4.66. The van der Waals surface area contributed by atoms with Crippen molar-refractivity contribution in [1.29, 1.82) is 0 Å². The fourth-order valence-corrected chi connectivity index (χ4v) is 4.66. The predicted octanol–water partition coefficient (Wildman–Crippen LogP) is 1.99. The molecule has 1 saturated carbocycles. The molecule has 8 heteroatoms. The molecule has 2 aromatic rings. The Morgan fingerprint density at radius 3 is 2.55 bits per heavy atom. The number of hydrogen-bond donors (Lipinski definition) is 1. The highest BCUT2D eigenvalue weighted by molar-refractivity contribution is 6.02. The van der Waals surface area contributed by atoms with Gasteiger partial charge in [-0.3, -0.25) is 14.0 Å². The number of piperidine rings is 1. The molecular formula is C21H26N4O4. The Morgan fingerprint density at radius 2 is 1.83 bits per heavy atom. The van der Waals surface area contributed by atoms with Gasteiger partial charge in [0.1, 0.15) is 0 Å². The van der Waals surface area contributed by atoms with Crippen LogP contribution in [0.4, 0.5) is 0 Å². The first kappa shape index (κ1) is 18.6. The molecule has 29 heavy (non-hydrogen) atoms. The number of carbonyl (C=O) groups is 2. The first-order valence-corrected chi connectivity index (χ1v) is 10.5. The van der Waals surface area contributed by atoms with Crippen molar-refractivity contribution in [2.75, 3.05) is 26.3 Å². The second-order valence-corrected chi connectivity index (χ2v) is 8.09. The number of aromatic nitrogens is 2. The maximum atomic E-state index is 13.2. The summed E-state index contributed by atoms with van der Waals surface area (Å²) in [5, 5.41) is 3.07. The number of amides is 2. The van der Waals surface area contributed by atoms with Crippen LogP contribution in [0.25, 0.3) is 5.52 Å². The van der Waals surface area contributed by atoms with Crippen molar-refractivity contribution in [3.8, 4) is 0 Å². The molecule has 3 aliphatic rings. The Labute approximate surface area is 169 Å². The number of imidazole rings is 1. The minimum absolute atomic E-state index is 0.151. The molecule has 0 aromatic carbocycles. The zero-order valence-corrected chi connectivity index (χ0v) is 16.4. The lowest BCUT2D eigenvalue weighted by molar-refractivity contribution is -0.181. The summed E-state index contributed by atoms with van der Waals surface area (Å²) in [5.74, 6) is -0.630. The summed E-state index contributed by atoms with van der Waals surface area (Å²) in [7, 11) is 0. The van der Waals surface area contributed by atoms with Crippen LogP contribution in [-0.4, -0.2) is 64.2 Å². The van der Waals surface area contributed by atoms with E-state index in [1.54, 1.807) is 15.5 Å². The molecule has 2 amide bonds. The molecule has 3 fully saturated rings. The third-order valence-corrected chi connectivity index (χ3v) is 6.27. The van der Waals surface area contributed by atoms with Gasteiger partial charge in [0, 0.05) is 38.2 Å². The molecule has 0 radical (unpaired) electrons. The van der Waals surface area contributed by atoms with Gasteiger partial charge >= 0.3 is 0 Å². The van der Waals surface area contributed by atoms with Crippen LogP contribution >= 0.6 is 0 Å². The molecule has 1 aliphatic carbocycles. The first-order chi connectivity index (χ1) is 14.2. The number of nitrogens with zero attached hydrogens (tertiary/aromatic N) is 3. The Hall–Kier alpha value is -2.45. The molecule has 154 valence electrons. The Balaban J connectivity index is 1.38. The van der Waals surface area contributed by atoms with Crippen molar-refractivity contribution in [2.45, 2.75) is 50.4 Å². The summed E-state index contributed by atoms with van der Waals surface area (Å²) in [5.41, 5.74) is 0.981. The number of rotatable bonds is 3. The van der Waals surface area contributed by atoms with Crippen LogP contribution in [0.5, 0.6) is 0 Å². The van der Waals surface area contributed by atoms with Gasteiger partial charge in [-0.1, -0.05) is 18.9 Å². The standard InChI is InChI=1S/C21H26N4O4/c26-19(22-15-5-1-2-6-15)18-23-17(16-7-3-4-10-25(16)18)20(27)24-11-8-21(9-12-24)28-13-14-29-21/h3-4,7,10,15H,1-2,5-6,8-9,11-14H2,(H,22,26). The van der Waals surface area contributed by atoms with Crippen LogP contribution in [0.15, 0.2) is 24.4 Å². The highest BCUT2D eigenvalue weighted by atomic mass is 16.7. The van der Waals surface area contributed by atoms with Crippen LogP contribution in [0.2, 0.25) is 0 Å². The van der Waals surface area contributed by atoms with E-state index in [0.29, 0.717) is 50.4 Å². The molecular weight excluding hydrogens is 372 g/mol. The van der Waals surface area contributed by atoms with Gasteiger partial charge in [-0.05, 0) is 25.0 Å². The SMILES string of the molecule is O=C(NC1CCCC1)c1nc(C(=O)N2CCC3(CC2)OCCO3)c2ccccn12. The average molecular weight is 398 g/mol. The van der Waals surface area contributed by atoms with E-state index in [4.69, 9.17) is 9.47 Å². The molecule has 0 unspecified atom stereocenters. The highest BCUT2D eigenvalue weighted by Crippen LogP contribution is 2.32. The summed E-state index contributed by atoms with van der Waals surface area (Å²) in [6.07, 6.45) is 7.37. The molecule has 1 N–H and O–H groups in total. The van der Waals surface area contributed by atoms with Gasteiger partial charge in [0.2, 0.25) is 5.82 Å². The van der Waals surface area contributed by atoms with Crippen LogP contribution in [0.1, 0.15) is 59.6 Å². The van der Waals surface area contributed by atoms with Crippen molar-refractivity contribution >= 4 is 17.3 Å². The lowest BCUT2D eigenvalue weighted by atomic mass is 10.0. The average Bonchev–Trinajstić information content (AvgIpc) is 3.48. The maximum Gasteiger partial charge on any atom is 0.287 e. The predicted molar refractivity (Wildman–Crippen MR) is 105 cm³/mol. The van der Waals surface area contributed by atoms with Gasteiger partial charge < -0.3 is 19.7 Å². The molecule has 2 saturated heterocycles. The van der Waals surface area contributed by atoms with E-state index in [-0.39, 0.29) is 23.7 Å². The monoisotopic (exact) mass is 398 g/mol. The molecule has 2 aromatic heterocycles. The third kappa shape index (κ3) is 3.40. The van der Waals surface area contributed by atoms with E-state index < -0.39 is 5.79 Å². The van der Waals surface area contributed by atoms with Gasteiger partial charge in [-0.15, -0.1) is 0 Å². The van der Waals surface area contributed by atoms with Crippen molar-refractivity contribution in [2.24, 2.45) is 0 Å². The highest BCUT2D eigenvalue weighted by Gasteiger charge is 2.41. The lowest BCUT2D eigenvalue weighted by Crippen LogP contribution is -2.47. The Morgan fingerprint density at radius 1 is 1.10 bits per heavy atom. The van der Waals surface area contributed by atoms with Crippen LogP contribution in [0, 0.1) is 0 Å². The van der Waals surface area contributed by atoms with E-state index >= 15 is 0 Å². The maximum absolute atomic E-state index is 13.2. The number of likely N-dealkylation sites (tertiary alicyclic amines) is 1. The number of carbonyl (C=O) groups excluding carboxylic acids is 2. The molecule has 8 nitrogen and oxygen atoms in total. The first-order valence-electron chi connectivity index (χ1n) is 10.5. The summed E-state index contributed by atoms with van der Waals surface area (Å²) in [6.45, 7) is 2.32. The molecule has 5 rings (SSSR count). The van der Waals surface area contributed by atoms with Crippen LogP contribution in [-0.2, 0) is 9.47 Å². The molecule has 0 atom stereocenters. The third-order valence-electron chi connectivity index (χ3n) is 6.27. The quantitative estimate of drug-likeness (QED) is 0.855. The number of fused-ring (bicyclic) bond motifs is 1. The van der Waals surface area contributed by atoms with Gasteiger partial charge in [0.15, 0.2) is 11.5 Å². The second-order valence-electron chi connectivity index (χ2n) is 8.09. The zero-order valence-electron chi connectivity index (χ0n) is 16.4. The van der Waals surface area contributed by atoms with Crippen molar-refractivity contribution in [1.82, 2.24) is 19.6 Å². The zero-order chi connectivity index (χ0) is 19.8. The number of pyridine rings is 1. The minimum Gasteiger partial charge on any atom is -0.347 e. The topological polar surface area (TPSA) is 85.2 Å². The van der Waals surface area contributed by atoms with Gasteiger partial charge in [0.25, 0.3) is 11.8 Å². The summed E-state index contributed by atoms with van der Waals surface area (Å²) in [4.78, 5) is 32.4. The van der Waals surface area contributed by atoms with E-state index in [2.05, 4.69) is 10.3 Å². The number of hydrogen-bond acceptors (Lipinski definition) is 5. The Bertz CT molecular complexity index is 918. The van der Waals surface area contributed by atoms with E-state index in [1.165, 1.54) is 0 Å². The van der Waals surface area contributed by atoms with Crippen LogP contribution in [0.3, 0.4) is 0 Å². The summed E-state index contributed by atoms with van der Waals surface area (Å²) >= 11 is 0. The van der Waals surface area contributed by atoms with E-state index in [9.17, 15) is 9.59 Å². The Kier molecular flexibility index (Phi) is 4.75. The number of ether oxygens (including phenoxy) is 2. The summed E-state index contributed by atoms with van der Waals surface area (Å²) in [6, 6.07) is 5.73. The molecule has 1 spiro atoms. The fraction of sp³-hybridized carbons (Fsp3) is 0.571. The largest absolute Gasteiger partial charge is 0.347 e. The van der Waals surface area contributed by atoms with E-state index in [1.807, 2.05) is 18.2 Å². The minimum atomic E-state index is -0.528. The van der Waals surface area contributed by atoms with Crippen LogP contribution < -0.4 is 5.32 Å². The van der Waals surface area contributed by atoms with Crippen molar-refractivity contribution in [3.05, 3.63) is 35.9 Å². The van der Waals surface area contributed by atoms with Gasteiger partial charge in [-0.2, -0.15) is 0 Å². The molecule has 4 heterocycles. The van der Waals surface area contributed by atoms with E-state index in [0.717, 1.165) is 25.7 Å². The second kappa shape index (κ2) is 7.42.